The van der Waals surface area contributed by atoms with E-state index in [4.69, 9.17) is 17.3 Å². The number of nitrogens with zero attached hydrogens (tertiary/aromatic N) is 3. The molecule has 4 nitrogen and oxygen atoms in total. The first kappa shape index (κ1) is 12.2. The van der Waals surface area contributed by atoms with Crippen molar-refractivity contribution in [1.82, 2.24) is 14.5 Å². The Bertz CT molecular complexity index is 335. The predicted molar refractivity (Wildman–Crippen MR) is 66.6 cm³/mol. The summed E-state index contributed by atoms with van der Waals surface area (Å²) in [7, 11) is 2.12. The van der Waals surface area contributed by atoms with Crippen LogP contribution in [0.25, 0.3) is 0 Å². The van der Waals surface area contributed by atoms with Gasteiger partial charge in [0.2, 0.25) is 0 Å². The van der Waals surface area contributed by atoms with Crippen LogP contribution in [0, 0.1) is 0 Å². The van der Waals surface area contributed by atoms with Crippen molar-refractivity contribution in [2.45, 2.75) is 44.3 Å². The highest BCUT2D eigenvalue weighted by Crippen LogP contribution is 2.24. The van der Waals surface area contributed by atoms with E-state index in [0.29, 0.717) is 16.4 Å². The van der Waals surface area contributed by atoms with E-state index in [1.165, 1.54) is 24.4 Å². The van der Waals surface area contributed by atoms with E-state index in [0.717, 1.165) is 25.1 Å². The molecule has 0 unspecified atom stereocenters. The number of hydrogen-bond donors (Lipinski definition) is 1. The summed E-state index contributed by atoms with van der Waals surface area (Å²) >= 11 is 7.24. The minimum absolute atomic E-state index is 0.397. The third-order valence-corrected chi connectivity index (χ3v) is 4.26. The van der Waals surface area contributed by atoms with Crippen LogP contribution in [0.5, 0.6) is 0 Å². The van der Waals surface area contributed by atoms with Gasteiger partial charge < -0.3 is 5.73 Å². The molecule has 0 atom stereocenters. The summed E-state index contributed by atoms with van der Waals surface area (Å²) < 4.78 is 4.55. The Morgan fingerprint density at radius 1 is 1.44 bits per heavy atom. The molecule has 1 aromatic heterocycles. The van der Waals surface area contributed by atoms with Crippen molar-refractivity contribution < 1.29 is 0 Å². The standard InChI is InChI=1S/C10H17ClN4S/c1-15(6-9-10(11)16-14-13-9)8-4-2-7(12)3-5-8/h7-8H,2-6,12H2,1H3. The van der Waals surface area contributed by atoms with Gasteiger partial charge in [-0.05, 0) is 32.7 Å². The average Bonchev–Trinajstić information content (AvgIpc) is 2.65. The van der Waals surface area contributed by atoms with Gasteiger partial charge in [0.15, 0.2) is 0 Å². The monoisotopic (exact) mass is 260 g/mol. The SMILES string of the molecule is CN(Cc1nnsc1Cl)C1CCC(N)CC1. The van der Waals surface area contributed by atoms with Gasteiger partial charge in [0.25, 0.3) is 0 Å². The lowest BCUT2D eigenvalue weighted by Crippen LogP contribution is -2.38. The summed E-state index contributed by atoms with van der Waals surface area (Å²) in [5, 5.41) is 4.04. The predicted octanol–water partition coefficient (Wildman–Crippen LogP) is 1.89. The molecule has 1 aliphatic carbocycles. The fraction of sp³-hybridized carbons (Fsp3) is 0.800. The van der Waals surface area contributed by atoms with E-state index in [1.54, 1.807) is 0 Å². The van der Waals surface area contributed by atoms with Crippen LogP contribution in [0.15, 0.2) is 0 Å². The number of rotatable bonds is 3. The first-order chi connectivity index (χ1) is 7.66. The molecular formula is C10H17ClN4S. The van der Waals surface area contributed by atoms with Crippen molar-refractivity contribution in [2.24, 2.45) is 5.73 Å². The zero-order valence-corrected chi connectivity index (χ0v) is 11.0. The first-order valence-electron chi connectivity index (χ1n) is 5.59. The van der Waals surface area contributed by atoms with Crippen LogP contribution >= 0.6 is 23.1 Å². The molecular weight excluding hydrogens is 244 g/mol. The molecule has 0 amide bonds. The number of aromatic nitrogens is 2. The summed E-state index contributed by atoms with van der Waals surface area (Å²) in [5.41, 5.74) is 6.79. The van der Waals surface area contributed by atoms with E-state index in [-0.39, 0.29) is 0 Å². The fourth-order valence-electron chi connectivity index (χ4n) is 2.20. The van der Waals surface area contributed by atoms with Crippen molar-refractivity contribution in [3.05, 3.63) is 10.0 Å². The summed E-state index contributed by atoms with van der Waals surface area (Å²) in [4.78, 5) is 2.31. The molecule has 1 aliphatic rings. The molecule has 2 N–H and O–H groups in total. The van der Waals surface area contributed by atoms with Crippen LogP contribution in [-0.2, 0) is 6.54 Å². The molecule has 16 heavy (non-hydrogen) atoms. The quantitative estimate of drug-likeness (QED) is 0.902. The van der Waals surface area contributed by atoms with Gasteiger partial charge in [-0.1, -0.05) is 16.1 Å². The molecule has 0 saturated heterocycles. The van der Waals surface area contributed by atoms with Gasteiger partial charge in [-0.15, -0.1) is 5.10 Å². The minimum atomic E-state index is 0.397. The molecule has 6 heteroatoms. The smallest absolute Gasteiger partial charge is 0.138 e. The largest absolute Gasteiger partial charge is 0.328 e. The maximum atomic E-state index is 5.99. The molecule has 0 bridgehead atoms. The molecule has 1 heterocycles. The normalized spacial score (nSPS) is 26.2. The van der Waals surface area contributed by atoms with Gasteiger partial charge in [0.05, 0.1) is 0 Å². The average molecular weight is 261 g/mol. The van der Waals surface area contributed by atoms with Gasteiger partial charge in [0, 0.05) is 30.2 Å². The second-order valence-corrected chi connectivity index (χ2v) is 5.83. The lowest BCUT2D eigenvalue weighted by Gasteiger charge is -2.33. The molecule has 0 radical (unpaired) electrons. The summed E-state index contributed by atoms with van der Waals surface area (Å²) in [6, 6.07) is 1.01. The Balaban J connectivity index is 1.88. The van der Waals surface area contributed by atoms with Gasteiger partial charge in [-0.2, -0.15) is 0 Å². The molecule has 90 valence electrons. The third kappa shape index (κ3) is 2.91. The van der Waals surface area contributed by atoms with Crippen molar-refractivity contribution >= 4 is 23.1 Å². The summed E-state index contributed by atoms with van der Waals surface area (Å²) in [5.74, 6) is 0. The Morgan fingerprint density at radius 3 is 2.69 bits per heavy atom. The topological polar surface area (TPSA) is 55.0 Å². The Morgan fingerprint density at radius 2 is 2.12 bits per heavy atom. The zero-order chi connectivity index (χ0) is 11.5. The Kier molecular flexibility index (Phi) is 4.13. The van der Waals surface area contributed by atoms with Crippen LogP contribution < -0.4 is 5.73 Å². The molecule has 0 aromatic carbocycles. The van der Waals surface area contributed by atoms with Gasteiger partial charge >= 0.3 is 0 Å². The van der Waals surface area contributed by atoms with E-state index in [9.17, 15) is 0 Å². The van der Waals surface area contributed by atoms with Crippen molar-refractivity contribution in [1.29, 1.82) is 0 Å². The van der Waals surface area contributed by atoms with E-state index in [2.05, 4.69) is 21.5 Å². The molecule has 0 aliphatic heterocycles. The highest BCUT2D eigenvalue weighted by Gasteiger charge is 2.22. The van der Waals surface area contributed by atoms with Crippen molar-refractivity contribution in [2.75, 3.05) is 7.05 Å². The summed E-state index contributed by atoms with van der Waals surface area (Å²) in [6.45, 7) is 0.787. The number of hydrogen-bond acceptors (Lipinski definition) is 5. The maximum Gasteiger partial charge on any atom is 0.138 e. The second-order valence-electron chi connectivity index (χ2n) is 4.48. The number of nitrogens with two attached hydrogens (primary N) is 1. The third-order valence-electron chi connectivity index (χ3n) is 3.27. The van der Waals surface area contributed by atoms with E-state index in [1.807, 2.05) is 0 Å². The zero-order valence-electron chi connectivity index (χ0n) is 9.40. The van der Waals surface area contributed by atoms with Crippen molar-refractivity contribution in [3.63, 3.8) is 0 Å². The highest BCUT2D eigenvalue weighted by molar-refractivity contribution is 7.10. The van der Waals surface area contributed by atoms with Gasteiger partial charge in [0.1, 0.15) is 10.0 Å². The van der Waals surface area contributed by atoms with E-state index >= 15 is 0 Å². The second kappa shape index (κ2) is 5.40. The van der Waals surface area contributed by atoms with Gasteiger partial charge in [-0.3, -0.25) is 4.90 Å². The first-order valence-corrected chi connectivity index (χ1v) is 6.74. The summed E-state index contributed by atoms with van der Waals surface area (Å²) in [6.07, 6.45) is 4.59. The molecule has 1 saturated carbocycles. The Labute approximate surface area is 105 Å². The van der Waals surface area contributed by atoms with E-state index < -0.39 is 0 Å². The van der Waals surface area contributed by atoms with Gasteiger partial charge in [-0.25, -0.2) is 0 Å². The maximum absolute atomic E-state index is 5.99. The Hall–Kier alpha value is -0.230. The highest BCUT2D eigenvalue weighted by atomic mass is 35.5. The molecule has 2 rings (SSSR count). The molecule has 1 aromatic rings. The molecule has 1 fully saturated rings. The minimum Gasteiger partial charge on any atom is -0.328 e. The lowest BCUT2D eigenvalue weighted by molar-refractivity contribution is 0.174. The van der Waals surface area contributed by atoms with Crippen LogP contribution in [-0.4, -0.2) is 33.6 Å². The molecule has 0 spiro atoms. The van der Waals surface area contributed by atoms with Crippen LogP contribution in [0.4, 0.5) is 0 Å². The fourth-order valence-corrected chi connectivity index (χ4v) is 2.81. The van der Waals surface area contributed by atoms with Crippen molar-refractivity contribution in [3.8, 4) is 0 Å². The van der Waals surface area contributed by atoms with Crippen LogP contribution in [0.2, 0.25) is 4.34 Å². The lowest BCUT2D eigenvalue weighted by atomic mass is 9.91. The number of halogens is 1. The van der Waals surface area contributed by atoms with Crippen LogP contribution in [0.1, 0.15) is 31.4 Å². The van der Waals surface area contributed by atoms with Crippen LogP contribution in [0.3, 0.4) is 0 Å².